The molecule has 1 N–H and O–H groups in total. The van der Waals surface area contributed by atoms with Crippen LogP contribution in [0.15, 0.2) is 54.6 Å². The standard InChI is InChI=1S/C20H25N4OP/c1-25-18-9-7-16(8-10-18)19(21-17-5-3-2-4-6-17)20-24-12-22-11-23(13-24)15-26(20)14-22/h2-10,19-21H,11-15H2,1H3/t19-,20+/m0/s1. The van der Waals surface area contributed by atoms with Crippen molar-refractivity contribution in [3.05, 3.63) is 60.2 Å². The fourth-order valence-corrected chi connectivity index (χ4v) is 7.60. The Hall–Kier alpha value is -1.65. The second-order valence-corrected chi connectivity index (χ2v) is 9.67. The van der Waals surface area contributed by atoms with Crippen LogP contribution in [0.2, 0.25) is 0 Å². The zero-order valence-corrected chi connectivity index (χ0v) is 16.0. The Morgan fingerprint density at radius 1 is 0.962 bits per heavy atom. The van der Waals surface area contributed by atoms with E-state index in [1.165, 1.54) is 23.8 Å². The van der Waals surface area contributed by atoms with Crippen molar-refractivity contribution in [3.63, 3.8) is 0 Å². The Bertz CT molecular complexity index is 726. The van der Waals surface area contributed by atoms with E-state index in [2.05, 4.69) is 74.6 Å². The predicted octanol–water partition coefficient (Wildman–Crippen LogP) is 3.39. The van der Waals surface area contributed by atoms with E-state index in [0.717, 1.165) is 25.8 Å². The van der Waals surface area contributed by atoms with Gasteiger partial charge in [-0.2, -0.15) is 0 Å². The first kappa shape index (κ1) is 16.5. The van der Waals surface area contributed by atoms with Gasteiger partial charge in [0.2, 0.25) is 0 Å². The molecule has 0 radical (unpaired) electrons. The van der Waals surface area contributed by atoms with Crippen LogP contribution in [0, 0.1) is 0 Å². The topological polar surface area (TPSA) is 31.0 Å². The molecule has 0 aliphatic carbocycles. The maximum atomic E-state index is 5.37. The minimum atomic E-state index is -0.0615. The number of methoxy groups -OCH3 is 1. The van der Waals surface area contributed by atoms with Crippen LogP contribution in [-0.4, -0.2) is 60.2 Å². The minimum Gasteiger partial charge on any atom is -0.497 e. The Morgan fingerprint density at radius 2 is 1.65 bits per heavy atom. The molecule has 6 rings (SSSR count). The first-order valence-electron chi connectivity index (χ1n) is 9.18. The van der Waals surface area contributed by atoms with Gasteiger partial charge in [0.25, 0.3) is 0 Å². The van der Waals surface area contributed by atoms with Gasteiger partial charge >= 0.3 is 0 Å². The van der Waals surface area contributed by atoms with Crippen molar-refractivity contribution in [1.82, 2.24) is 14.7 Å². The number of nitrogens with one attached hydrogen (secondary N) is 1. The van der Waals surface area contributed by atoms with Gasteiger partial charge in [0.1, 0.15) is 5.75 Å². The first-order valence-corrected chi connectivity index (χ1v) is 11.0. The van der Waals surface area contributed by atoms with E-state index in [0.29, 0.717) is 11.8 Å². The monoisotopic (exact) mass is 368 g/mol. The number of nitrogens with zero attached hydrogens (tertiary/aromatic N) is 3. The molecule has 4 aliphatic rings. The van der Waals surface area contributed by atoms with E-state index >= 15 is 0 Å². The number of anilines is 1. The highest BCUT2D eigenvalue weighted by Crippen LogP contribution is 2.57. The Kier molecular flexibility index (Phi) is 4.33. The summed E-state index contributed by atoms with van der Waals surface area (Å²) in [7, 11) is 1.67. The van der Waals surface area contributed by atoms with E-state index in [4.69, 9.17) is 4.74 Å². The largest absolute Gasteiger partial charge is 0.497 e. The fraction of sp³-hybridized carbons (Fsp3) is 0.400. The molecule has 0 aromatic heterocycles. The molecule has 4 atom stereocenters. The molecule has 2 unspecified atom stereocenters. The van der Waals surface area contributed by atoms with Crippen LogP contribution < -0.4 is 10.1 Å². The van der Waals surface area contributed by atoms with Gasteiger partial charge in [-0.3, -0.25) is 14.7 Å². The predicted molar refractivity (Wildman–Crippen MR) is 106 cm³/mol. The summed E-state index contributed by atoms with van der Waals surface area (Å²) in [6, 6.07) is 19.5. The number of para-hydroxylation sites is 1. The van der Waals surface area contributed by atoms with Gasteiger partial charge in [0.05, 0.1) is 38.9 Å². The van der Waals surface area contributed by atoms with Crippen molar-refractivity contribution in [2.24, 2.45) is 0 Å². The normalized spacial score (nSPS) is 33.0. The van der Waals surface area contributed by atoms with Gasteiger partial charge in [-0.05, 0) is 29.8 Å². The number of ether oxygens (including phenoxy) is 1. The van der Waals surface area contributed by atoms with E-state index in [1.807, 2.05) is 0 Å². The molecule has 4 bridgehead atoms. The summed E-state index contributed by atoms with van der Waals surface area (Å²) in [4.78, 5) is 7.87. The van der Waals surface area contributed by atoms with E-state index < -0.39 is 0 Å². The maximum Gasteiger partial charge on any atom is 0.118 e. The van der Waals surface area contributed by atoms with Gasteiger partial charge < -0.3 is 10.1 Å². The molecule has 4 aliphatic heterocycles. The molecular weight excluding hydrogens is 343 g/mol. The van der Waals surface area contributed by atoms with E-state index in [-0.39, 0.29) is 7.92 Å². The summed E-state index contributed by atoms with van der Waals surface area (Å²) in [6.07, 6.45) is 2.55. The fourth-order valence-electron chi connectivity index (χ4n) is 4.51. The molecule has 2 aromatic carbocycles. The lowest BCUT2D eigenvalue weighted by atomic mass is 10.0. The highest BCUT2D eigenvalue weighted by molar-refractivity contribution is 7.58. The zero-order valence-electron chi connectivity index (χ0n) is 15.1. The molecule has 4 saturated heterocycles. The summed E-state index contributed by atoms with van der Waals surface area (Å²) in [5.41, 5.74) is 2.54. The SMILES string of the molecule is COc1ccc([C@H](Nc2ccccc2)[C@@H]2N3CN4CN(C3)CP2C4)cc1. The number of hydrogen-bond acceptors (Lipinski definition) is 5. The molecule has 0 spiro atoms. The van der Waals surface area contributed by atoms with Crippen LogP contribution in [-0.2, 0) is 0 Å². The van der Waals surface area contributed by atoms with Gasteiger partial charge in [0, 0.05) is 18.3 Å². The second-order valence-electron chi connectivity index (χ2n) is 7.40. The summed E-state index contributed by atoms with van der Waals surface area (Å²) >= 11 is 0. The number of benzene rings is 2. The molecule has 5 nitrogen and oxygen atoms in total. The average molecular weight is 368 g/mol. The summed E-state index contributed by atoms with van der Waals surface area (Å²) in [5, 5.41) is 3.86. The third-order valence-corrected chi connectivity index (χ3v) is 8.44. The minimum absolute atomic E-state index is 0.0615. The van der Waals surface area contributed by atoms with E-state index in [1.54, 1.807) is 7.11 Å². The summed E-state index contributed by atoms with van der Waals surface area (Å²) in [5.74, 6) is 1.49. The molecule has 6 heteroatoms. The first-order chi connectivity index (χ1) is 12.8. The molecule has 4 heterocycles. The smallest absolute Gasteiger partial charge is 0.118 e. The highest BCUT2D eigenvalue weighted by atomic mass is 31.1. The highest BCUT2D eigenvalue weighted by Gasteiger charge is 2.48. The second kappa shape index (κ2) is 6.82. The van der Waals surface area contributed by atoms with Crippen molar-refractivity contribution in [2.45, 2.75) is 11.8 Å². The quantitative estimate of drug-likeness (QED) is 0.818. The van der Waals surface area contributed by atoms with Crippen LogP contribution in [0.5, 0.6) is 5.75 Å². The van der Waals surface area contributed by atoms with Crippen LogP contribution in [0.25, 0.3) is 0 Å². The molecule has 26 heavy (non-hydrogen) atoms. The average Bonchev–Trinajstić information content (AvgIpc) is 2.67. The molecule has 0 amide bonds. The summed E-state index contributed by atoms with van der Waals surface area (Å²) < 4.78 is 5.37. The third-order valence-electron chi connectivity index (χ3n) is 5.54. The van der Waals surface area contributed by atoms with Crippen LogP contribution in [0.1, 0.15) is 11.6 Å². The molecule has 2 aromatic rings. The van der Waals surface area contributed by atoms with Crippen molar-refractivity contribution in [1.29, 1.82) is 0 Å². The summed E-state index contributed by atoms with van der Waals surface area (Å²) in [6.45, 7) is 3.35. The van der Waals surface area contributed by atoms with Gasteiger partial charge in [-0.15, -0.1) is 0 Å². The Balaban J connectivity index is 1.48. The molecule has 4 fully saturated rings. The van der Waals surface area contributed by atoms with Gasteiger partial charge in [0.15, 0.2) is 0 Å². The lowest BCUT2D eigenvalue weighted by Crippen LogP contribution is -2.67. The molecule has 0 saturated carbocycles. The van der Waals surface area contributed by atoms with Crippen molar-refractivity contribution >= 4 is 13.6 Å². The maximum absolute atomic E-state index is 5.37. The third kappa shape index (κ3) is 2.99. The lowest BCUT2D eigenvalue weighted by molar-refractivity contribution is -0.0493. The Labute approximate surface area is 156 Å². The molecular formula is C20H25N4OP. The zero-order chi connectivity index (χ0) is 17.5. The van der Waals surface area contributed by atoms with Crippen molar-refractivity contribution in [2.75, 3.05) is 45.0 Å². The number of rotatable bonds is 5. The van der Waals surface area contributed by atoms with Crippen LogP contribution in [0.3, 0.4) is 0 Å². The van der Waals surface area contributed by atoms with E-state index in [9.17, 15) is 0 Å². The van der Waals surface area contributed by atoms with Crippen LogP contribution in [0.4, 0.5) is 5.69 Å². The van der Waals surface area contributed by atoms with Crippen molar-refractivity contribution < 1.29 is 4.74 Å². The Morgan fingerprint density at radius 3 is 2.27 bits per heavy atom. The van der Waals surface area contributed by atoms with Gasteiger partial charge in [-0.25, -0.2) is 0 Å². The van der Waals surface area contributed by atoms with Crippen molar-refractivity contribution in [3.8, 4) is 5.75 Å². The lowest BCUT2D eigenvalue weighted by Gasteiger charge is -2.60. The number of hydrogen-bond donors (Lipinski definition) is 1. The van der Waals surface area contributed by atoms with Gasteiger partial charge in [-0.1, -0.05) is 38.3 Å². The molecule has 136 valence electrons. The van der Waals surface area contributed by atoms with Crippen LogP contribution >= 0.6 is 7.92 Å².